The van der Waals surface area contributed by atoms with Crippen molar-refractivity contribution in [1.82, 2.24) is 5.32 Å². The topological polar surface area (TPSA) is 85.9 Å². The van der Waals surface area contributed by atoms with Gasteiger partial charge in [0.2, 0.25) is 0 Å². The van der Waals surface area contributed by atoms with Gasteiger partial charge in [0.15, 0.2) is 5.11 Å². The smallest absolute Gasteiger partial charge is 0.338 e. The molecule has 154 valence electrons. The highest BCUT2D eigenvalue weighted by Crippen LogP contribution is 2.13. The summed E-state index contributed by atoms with van der Waals surface area (Å²) in [5.41, 5.74) is 1.53. The first-order chi connectivity index (χ1) is 14.0. The van der Waals surface area contributed by atoms with Crippen LogP contribution in [0.2, 0.25) is 0 Å². The largest absolute Gasteiger partial charge is 0.491 e. The SMILES string of the molecule is CCOCCOc1ccc(C(=O)NC(=S)Nc2ccc(C(=O)OCC)cc2)cc1. The first-order valence-electron chi connectivity index (χ1n) is 9.23. The Labute approximate surface area is 175 Å². The number of benzene rings is 2. The zero-order chi connectivity index (χ0) is 21.1. The van der Waals surface area contributed by atoms with Crippen LogP contribution in [0.15, 0.2) is 48.5 Å². The van der Waals surface area contributed by atoms with Crippen LogP contribution >= 0.6 is 12.2 Å². The van der Waals surface area contributed by atoms with E-state index in [1.165, 1.54) is 0 Å². The number of carbonyl (C=O) groups is 2. The number of thiocarbonyl (C=S) groups is 1. The molecule has 2 aromatic carbocycles. The quantitative estimate of drug-likeness (QED) is 0.368. The molecule has 0 aromatic heterocycles. The molecule has 0 bridgehead atoms. The Morgan fingerprint density at radius 2 is 1.55 bits per heavy atom. The van der Waals surface area contributed by atoms with Crippen LogP contribution in [0.3, 0.4) is 0 Å². The second-order valence-corrected chi connectivity index (χ2v) is 6.18. The van der Waals surface area contributed by atoms with Gasteiger partial charge in [-0.05, 0) is 74.6 Å². The Bertz CT molecular complexity index is 822. The summed E-state index contributed by atoms with van der Waals surface area (Å²) in [5, 5.41) is 5.66. The van der Waals surface area contributed by atoms with Gasteiger partial charge in [0.25, 0.3) is 5.91 Å². The summed E-state index contributed by atoms with van der Waals surface area (Å²) >= 11 is 5.17. The number of nitrogens with one attached hydrogen (secondary N) is 2. The zero-order valence-corrected chi connectivity index (χ0v) is 17.2. The molecule has 2 N–H and O–H groups in total. The molecule has 0 saturated carbocycles. The fourth-order valence-corrected chi connectivity index (χ4v) is 2.52. The van der Waals surface area contributed by atoms with E-state index in [1.54, 1.807) is 55.5 Å². The lowest BCUT2D eigenvalue weighted by Gasteiger charge is -2.11. The maximum atomic E-state index is 12.3. The fraction of sp³-hybridized carbons (Fsp3) is 0.286. The van der Waals surface area contributed by atoms with Crippen LogP contribution in [0.1, 0.15) is 34.6 Å². The van der Waals surface area contributed by atoms with E-state index < -0.39 is 0 Å². The van der Waals surface area contributed by atoms with Gasteiger partial charge in [-0.15, -0.1) is 0 Å². The summed E-state index contributed by atoms with van der Waals surface area (Å²) in [7, 11) is 0. The van der Waals surface area contributed by atoms with Crippen LogP contribution in [0.5, 0.6) is 5.75 Å². The monoisotopic (exact) mass is 416 g/mol. The molecule has 1 amide bonds. The molecule has 8 heteroatoms. The van der Waals surface area contributed by atoms with Gasteiger partial charge in [0.05, 0.1) is 18.8 Å². The number of esters is 1. The highest BCUT2D eigenvalue weighted by molar-refractivity contribution is 7.80. The third-order valence-electron chi connectivity index (χ3n) is 3.70. The van der Waals surface area contributed by atoms with Crippen molar-refractivity contribution in [3.8, 4) is 5.75 Å². The van der Waals surface area contributed by atoms with Crippen molar-refractivity contribution >= 4 is 34.9 Å². The standard InChI is InChI=1S/C21H24N2O5S/c1-3-26-13-14-28-18-11-7-15(8-12-18)19(24)23-21(29)22-17-9-5-16(6-10-17)20(25)27-4-2/h5-12H,3-4,13-14H2,1-2H3,(H2,22,23,24,29). The van der Waals surface area contributed by atoms with E-state index in [9.17, 15) is 9.59 Å². The average Bonchev–Trinajstić information content (AvgIpc) is 2.72. The summed E-state index contributed by atoms with van der Waals surface area (Å²) in [6.07, 6.45) is 0. The minimum absolute atomic E-state index is 0.149. The second kappa shape index (κ2) is 11.8. The van der Waals surface area contributed by atoms with Gasteiger partial charge in [0.1, 0.15) is 12.4 Å². The number of carbonyl (C=O) groups excluding carboxylic acids is 2. The Morgan fingerprint density at radius 1 is 0.897 bits per heavy atom. The maximum Gasteiger partial charge on any atom is 0.338 e. The molecule has 2 aromatic rings. The van der Waals surface area contributed by atoms with E-state index in [0.717, 1.165) is 0 Å². The minimum Gasteiger partial charge on any atom is -0.491 e. The Morgan fingerprint density at radius 3 is 2.17 bits per heavy atom. The molecule has 0 spiro atoms. The molecule has 2 rings (SSSR count). The molecule has 0 atom stereocenters. The number of rotatable bonds is 9. The van der Waals surface area contributed by atoms with Crippen LogP contribution in [0, 0.1) is 0 Å². The third kappa shape index (κ3) is 7.52. The summed E-state index contributed by atoms with van der Waals surface area (Å²) in [5.74, 6) is -0.0737. The molecule has 0 radical (unpaired) electrons. The van der Waals surface area contributed by atoms with Gasteiger partial charge in [0, 0.05) is 17.9 Å². The average molecular weight is 416 g/mol. The molecule has 0 saturated heterocycles. The van der Waals surface area contributed by atoms with Crippen molar-refractivity contribution in [2.24, 2.45) is 0 Å². The number of hydrogen-bond acceptors (Lipinski definition) is 6. The normalized spacial score (nSPS) is 10.1. The summed E-state index contributed by atoms with van der Waals surface area (Å²) in [4.78, 5) is 24.0. The van der Waals surface area contributed by atoms with Crippen LogP contribution in [0.4, 0.5) is 5.69 Å². The van der Waals surface area contributed by atoms with Crippen molar-refractivity contribution < 1.29 is 23.8 Å². The highest BCUT2D eigenvalue weighted by Gasteiger charge is 2.09. The third-order valence-corrected chi connectivity index (χ3v) is 3.90. The molecule has 0 aliphatic heterocycles. The molecular weight excluding hydrogens is 392 g/mol. The number of anilines is 1. The minimum atomic E-state index is -0.389. The lowest BCUT2D eigenvalue weighted by molar-refractivity contribution is 0.0526. The molecule has 7 nitrogen and oxygen atoms in total. The molecule has 0 fully saturated rings. The van der Waals surface area contributed by atoms with E-state index in [0.29, 0.717) is 49.0 Å². The van der Waals surface area contributed by atoms with Gasteiger partial charge in [-0.3, -0.25) is 10.1 Å². The van der Waals surface area contributed by atoms with Gasteiger partial charge in [-0.2, -0.15) is 0 Å². The zero-order valence-electron chi connectivity index (χ0n) is 16.4. The predicted octanol–water partition coefficient (Wildman–Crippen LogP) is 3.41. The maximum absolute atomic E-state index is 12.3. The second-order valence-electron chi connectivity index (χ2n) is 5.78. The van der Waals surface area contributed by atoms with E-state index in [4.69, 9.17) is 26.4 Å². The Hall–Kier alpha value is -2.97. The van der Waals surface area contributed by atoms with Crippen molar-refractivity contribution in [1.29, 1.82) is 0 Å². The number of amides is 1. The van der Waals surface area contributed by atoms with Crippen LogP contribution in [-0.2, 0) is 9.47 Å². The van der Waals surface area contributed by atoms with Crippen LogP contribution in [-0.4, -0.2) is 43.4 Å². The lowest BCUT2D eigenvalue weighted by atomic mass is 10.2. The van der Waals surface area contributed by atoms with Crippen LogP contribution in [0.25, 0.3) is 0 Å². The van der Waals surface area contributed by atoms with Crippen molar-refractivity contribution in [3.63, 3.8) is 0 Å². The molecule has 29 heavy (non-hydrogen) atoms. The van der Waals surface area contributed by atoms with Crippen LogP contribution < -0.4 is 15.4 Å². The van der Waals surface area contributed by atoms with Crippen molar-refractivity contribution in [2.45, 2.75) is 13.8 Å². The number of ether oxygens (including phenoxy) is 3. The Kier molecular flexibility index (Phi) is 9.07. The summed E-state index contributed by atoms with van der Waals surface area (Å²) < 4.78 is 15.7. The molecule has 0 aliphatic rings. The lowest BCUT2D eigenvalue weighted by Crippen LogP contribution is -2.34. The molecule has 0 unspecified atom stereocenters. The Balaban J connectivity index is 1.84. The number of hydrogen-bond donors (Lipinski definition) is 2. The van der Waals surface area contributed by atoms with Crippen molar-refractivity contribution in [2.75, 3.05) is 31.7 Å². The predicted molar refractivity (Wildman–Crippen MR) is 115 cm³/mol. The van der Waals surface area contributed by atoms with E-state index in [2.05, 4.69) is 10.6 Å². The molecule has 0 aliphatic carbocycles. The summed E-state index contributed by atoms with van der Waals surface area (Å²) in [6.45, 7) is 5.59. The van der Waals surface area contributed by atoms with Crippen molar-refractivity contribution in [3.05, 3.63) is 59.7 Å². The first kappa shape index (κ1) is 22.3. The summed E-state index contributed by atoms with van der Waals surface area (Å²) in [6, 6.07) is 13.3. The van der Waals surface area contributed by atoms with Gasteiger partial charge in [-0.1, -0.05) is 0 Å². The highest BCUT2D eigenvalue weighted by atomic mass is 32.1. The van der Waals surface area contributed by atoms with Gasteiger partial charge in [-0.25, -0.2) is 4.79 Å². The fourth-order valence-electron chi connectivity index (χ4n) is 2.31. The van der Waals surface area contributed by atoms with Gasteiger partial charge < -0.3 is 19.5 Å². The van der Waals surface area contributed by atoms with Gasteiger partial charge >= 0.3 is 5.97 Å². The first-order valence-corrected chi connectivity index (χ1v) is 9.64. The van der Waals surface area contributed by atoms with E-state index >= 15 is 0 Å². The van der Waals surface area contributed by atoms with E-state index in [1.807, 2.05) is 6.92 Å². The van der Waals surface area contributed by atoms with E-state index in [-0.39, 0.29) is 17.0 Å². The molecular formula is C21H24N2O5S. The molecule has 0 heterocycles.